The molecule has 2 N–H and O–H groups in total. The molecule has 0 fully saturated rings. The van der Waals surface area contributed by atoms with Gasteiger partial charge in [0.1, 0.15) is 0 Å². The van der Waals surface area contributed by atoms with Gasteiger partial charge in [-0.2, -0.15) is 0 Å². The van der Waals surface area contributed by atoms with Gasteiger partial charge in [-0.05, 0) is 23.5 Å². The molecule has 0 aliphatic heterocycles. The van der Waals surface area contributed by atoms with Gasteiger partial charge >= 0.3 is 0 Å². The number of aryl methyl sites for hydroxylation is 1. The molecule has 1 aromatic carbocycles. The van der Waals surface area contributed by atoms with Crippen molar-refractivity contribution >= 4 is 5.78 Å². The van der Waals surface area contributed by atoms with E-state index in [0.29, 0.717) is 0 Å². The lowest BCUT2D eigenvalue weighted by Crippen LogP contribution is -2.42. The Labute approximate surface area is 97.9 Å². The third-order valence-corrected chi connectivity index (χ3v) is 2.84. The van der Waals surface area contributed by atoms with Gasteiger partial charge in [0.15, 0.2) is 5.78 Å². The van der Waals surface area contributed by atoms with Gasteiger partial charge in [0.05, 0.1) is 6.04 Å². The highest BCUT2D eigenvalue weighted by atomic mass is 16.1. The van der Waals surface area contributed by atoms with Crippen molar-refractivity contribution in [3.8, 4) is 0 Å². The zero-order chi connectivity index (χ0) is 12.3. The van der Waals surface area contributed by atoms with E-state index in [1.807, 2.05) is 45.0 Å². The van der Waals surface area contributed by atoms with Crippen LogP contribution in [0.4, 0.5) is 0 Å². The van der Waals surface area contributed by atoms with Crippen LogP contribution in [0.15, 0.2) is 24.3 Å². The van der Waals surface area contributed by atoms with E-state index in [1.165, 1.54) is 5.56 Å². The standard InChI is InChI=1S/C14H21NO/c1-5-10-7-6-8-11(9-10)12(16)13(15)14(2,3)4/h6-9,13H,5,15H2,1-4H3. The molecule has 2 heteroatoms. The molecule has 0 aliphatic carbocycles. The molecular formula is C14H21NO. The molecule has 1 atom stereocenters. The van der Waals surface area contributed by atoms with E-state index in [1.54, 1.807) is 0 Å². The van der Waals surface area contributed by atoms with Crippen LogP contribution in [0.3, 0.4) is 0 Å². The highest BCUT2D eigenvalue weighted by Crippen LogP contribution is 2.21. The molecular weight excluding hydrogens is 198 g/mol. The number of Topliss-reactive ketones (excluding diaryl/α,β-unsaturated/α-hetero) is 1. The van der Waals surface area contributed by atoms with Crippen LogP contribution in [0.25, 0.3) is 0 Å². The first-order valence-corrected chi connectivity index (χ1v) is 5.75. The molecule has 1 rings (SSSR count). The Hall–Kier alpha value is -1.15. The summed E-state index contributed by atoms with van der Waals surface area (Å²) in [6.07, 6.45) is 0.936. The summed E-state index contributed by atoms with van der Waals surface area (Å²) < 4.78 is 0. The topological polar surface area (TPSA) is 43.1 Å². The summed E-state index contributed by atoms with van der Waals surface area (Å²) in [4.78, 5) is 12.1. The summed E-state index contributed by atoms with van der Waals surface area (Å²) in [6, 6.07) is 7.28. The van der Waals surface area contributed by atoms with Gasteiger partial charge in [0.2, 0.25) is 0 Å². The lowest BCUT2D eigenvalue weighted by atomic mass is 9.82. The fourth-order valence-corrected chi connectivity index (χ4v) is 1.52. The van der Waals surface area contributed by atoms with Crippen molar-refractivity contribution < 1.29 is 4.79 Å². The van der Waals surface area contributed by atoms with Gasteiger partial charge in [-0.1, -0.05) is 45.9 Å². The van der Waals surface area contributed by atoms with Crippen molar-refractivity contribution in [3.05, 3.63) is 35.4 Å². The van der Waals surface area contributed by atoms with Gasteiger partial charge in [-0.15, -0.1) is 0 Å². The normalized spacial score (nSPS) is 13.6. The molecule has 16 heavy (non-hydrogen) atoms. The zero-order valence-corrected chi connectivity index (χ0v) is 10.6. The van der Waals surface area contributed by atoms with Crippen molar-refractivity contribution in [3.63, 3.8) is 0 Å². The first kappa shape index (κ1) is 12.9. The van der Waals surface area contributed by atoms with Crippen LogP contribution in [-0.2, 0) is 6.42 Å². The van der Waals surface area contributed by atoms with Crippen LogP contribution in [0.1, 0.15) is 43.6 Å². The second-order valence-corrected chi connectivity index (χ2v) is 5.26. The first-order chi connectivity index (χ1) is 7.36. The lowest BCUT2D eigenvalue weighted by Gasteiger charge is -2.25. The maximum absolute atomic E-state index is 12.1. The molecule has 1 aromatic rings. The summed E-state index contributed by atoms with van der Waals surface area (Å²) in [5, 5.41) is 0. The average molecular weight is 219 g/mol. The molecule has 0 aromatic heterocycles. The van der Waals surface area contributed by atoms with E-state index < -0.39 is 6.04 Å². The minimum Gasteiger partial charge on any atom is -0.321 e. The maximum atomic E-state index is 12.1. The van der Waals surface area contributed by atoms with Crippen LogP contribution < -0.4 is 5.73 Å². The predicted molar refractivity (Wildman–Crippen MR) is 67.6 cm³/mol. The first-order valence-electron chi connectivity index (χ1n) is 5.75. The summed E-state index contributed by atoms with van der Waals surface area (Å²) in [7, 11) is 0. The number of ketones is 1. The molecule has 0 amide bonds. The summed E-state index contributed by atoms with van der Waals surface area (Å²) in [5.41, 5.74) is 7.67. The highest BCUT2D eigenvalue weighted by Gasteiger charge is 2.28. The minimum absolute atomic E-state index is 0.0304. The van der Waals surface area contributed by atoms with Crippen molar-refractivity contribution in [2.45, 2.75) is 40.2 Å². The fraction of sp³-hybridized carbons (Fsp3) is 0.500. The lowest BCUT2D eigenvalue weighted by molar-refractivity contribution is 0.0901. The summed E-state index contributed by atoms with van der Waals surface area (Å²) in [6.45, 7) is 8.03. The van der Waals surface area contributed by atoms with Crippen LogP contribution >= 0.6 is 0 Å². The Kier molecular flexibility index (Phi) is 3.87. The smallest absolute Gasteiger partial charge is 0.180 e. The highest BCUT2D eigenvalue weighted by molar-refractivity contribution is 6.00. The molecule has 88 valence electrons. The number of benzene rings is 1. The Morgan fingerprint density at radius 3 is 2.50 bits per heavy atom. The number of rotatable bonds is 3. The molecule has 2 nitrogen and oxygen atoms in total. The van der Waals surface area contributed by atoms with Crippen LogP contribution in [-0.4, -0.2) is 11.8 Å². The van der Waals surface area contributed by atoms with E-state index >= 15 is 0 Å². The van der Waals surface area contributed by atoms with E-state index in [-0.39, 0.29) is 11.2 Å². The van der Waals surface area contributed by atoms with Gasteiger partial charge in [-0.25, -0.2) is 0 Å². The molecule has 0 saturated heterocycles. The van der Waals surface area contributed by atoms with Crippen molar-refractivity contribution in [2.24, 2.45) is 11.1 Å². The molecule has 0 aliphatic rings. The van der Waals surface area contributed by atoms with Crippen LogP contribution in [0.2, 0.25) is 0 Å². The molecule has 0 spiro atoms. The monoisotopic (exact) mass is 219 g/mol. The predicted octanol–water partition coefficient (Wildman–Crippen LogP) is 2.81. The molecule has 0 radical (unpaired) electrons. The van der Waals surface area contributed by atoms with Crippen molar-refractivity contribution in [2.75, 3.05) is 0 Å². The largest absolute Gasteiger partial charge is 0.321 e. The third-order valence-electron chi connectivity index (χ3n) is 2.84. The Morgan fingerprint density at radius 1 is 1.38 bits per heavy atom. The average Bonchev–Trinajstić information content (AvgIpc) is 2.26. The second-order valence-electron chi connectivity index (χ2n) is 5.26. The fourth-order valence-electron chi connectivity index (χ4n) is 1.52. The minimum atomic E-state index is -0.445. The molecule has 1 unspecified atom stereocenters. The van der Waals surface area contributed by atoms with Crippen molar-refractivity contribution in [1.29, 1.82) is 0 Å². The number of carbonyl (C=O) groups is 1. The Balaban J connectivity index is 2.96. The zero-order valence-electron chi connectivity index (χ0n) is 10.6. The molecule has 0 heterocycles. The second kappa shape index (κ2) is 4.79. The molecule has 0 bridgehead atoms. The number of carbonyl (C=O) groups excluding carboxylic acids is 1. The number of hydrogen-bond acceptors (Lipinski definition) is 2. The van der Waals surface area contributed by atoms with Crippen LogP contribution in [0, 0.1) is 5.41 Å². The van der Waals surface area contributed by atoms with Crippen molar-refractivity contribution in [1.82, 2.24) is 0 Å². The van der Waals surface area contributed by atoms with E-state index in [0.717, 1.165) is 12.0 Å². The number of nitrogens with two attached hydrogens (primary N) is 1. The SMILES string of the molecule is CCc1cccc(C(=O)C(N)C(C)(C)C)c1. The van der Waals surface area contributed by atoms with Crippen LogP contribution in [0.5, 0.6) is 0 Å². The summed E-state index contributed by atoms with van der Waals surface area (Å²) >= 11 is 0. The molecule has 0 saturated carbocycles. The van der Waals surface area contributed by atoms with Gasteiger partial charge in [0.25, 0.3) is 0 Å². The quantitative estimate of drug-likeness (QED) is 0.794. The van der Waals surface area contributed by atoms with Gasteiger partial charge in [0, 0.05) is 5.56 Å². The maximum Gasteiger partial charge on any atom is 0.180 e. The van der Waals surface area contributed by atoms with E-state index in [2.05, 4.69) is 6.92 Å². The van der Waals surface area contributed by atoms with Gasteiger partial charge in [-0.3, -0.25) is 4.79 Å². The summed E-state index contributed by atoms with van der Waals surface area (Å²) in [5.74, 6) is 0.0304. The third kappa shape index (κ3) is 2.92. The Bertz CT molecular complexity index is 377. The Morgan fingerprint density at radius 2 is 2.00 bits per heavy atom. The number of hydrogen-bond donors (Lipinski definition) is 1. The van der Waals surface area contributed by atoms with E-state index in [9.17, 15) is 4.79 Å². The van der Waals surface area contributed by atoms with Gasteiger partial charge < -0.3 is 5.73 Å². The van der Waals surface area contributed by atoms with E-state index in [4.69, 9.17) is 5.73 Å².